The lowest BCUT2D eigenvalue weighted by Crippen LogP contribution is -2.10. The fourth-order valence-electron chi connectivity index (χ4n) is 2.51. The number of thiazole rings is 1. The van der Waals surface area contributed by atoms with Crippen LogP contribution in [0.3, 0.4) is 0 Å². The van der Waals surface area contributed by atoms with E-state index in [-0.39, 0.29) is 22.9 Å². The highest BCUT2D eigenvalue weighted by Crippen LogP contribution is 2.26. The number of anilines is 2. The smallest absolute Gasteiger partial charge is 0.224 e. The van der Waals surface area contributed by atoms with Crippen molar-refractivity contribution in [3.8, 4) is 11.3 Å². The predicted octanol–water partition coefficient (Wildman–Crippen LogP) is 5.96. The number of nitrogens with one attached hydrogen (secondary N) is 2. The second-order valence-corrected chi connectivity index (χ2v) is 6.95. The number of benzene rings is 2. The fraction of sp³-hybridized carbons (Fsp3) is 0.190. The van der Waals surface area contributed by atoms with E-state index in [0.29, 0.717) is 6.42 Å². The molecule has 0 unspecified atom stereocenters. The van der Waals surface area contributed by atoms with E-state index >= 15 is 0 Å². The maximum Gasteiger partial charge on any atom is 0.224 e. The van der Waals surface area contributed by atoms with E-state index < -0.39 is 0 Å². The molecule has 5 nitrogen and oxygen atoms in total. The number of halogens is 1. The van der Waals surface area contributed by atoms with Gasteiger partial charge in [0.25, 0.3) is 0 Å². The average Bonchev–Trinajstić information content (AvgIpc) is 3.16. The number of rotatable bonds is 7. The van der Waals surface area contributed by atoms with E-state index in [1.54, 1.807) is 0 Å². The van der Waals surface area contributed by atoms with Crippen LogP contribution in [0.25, 0.3) is 11.3 Å². The average molecular weight is 459 g/mol. The van der Waals surface area contributed by atoms with Crippen LogP contribution in [0.15, 0.2) is 65.1 Å². The zero-order chi connectivity index (χ0) is 19.1. The summed E-state index contributed by atoms with van der Waals surface area (Å²) in [5, 5.41) is 10.0. The minimum atomic E-state index is 0. The molecule has 2 N–H and O–H groups in total. The normalized spacial score (nSPS) is 10.9. The van der Waals surface area contributed by atoms with Crippen LogP contribution in [0.2, 0.25) is 0 Å². The monoisotopic (exact) mass is 458 g/mol. The van der Waals surface area contributed by atoms with Gasteiger partial charge in [0.2, 0.25) is 11.0 Å². The minimum Gasteiger partial charge on any atom is -0.326 e. The van der Waals surface area contributed by atoms with Crippen molar-refractivity contribution in [1.29, 1.82) is 0 Å². The minimum absolute atomic E-state index is 0. The first-order chi connectivity index (χ1) is 13.2. The number of carbonyl (C=O) groups excluding carboxylic acids is 1. The third-order valence-corrected chi connectivity index (χ3v) is 4.70. The van der Waals surface area contributed by atoms with Crippen molar-refractivity contribution in [1.82, 2.24) is 4.98 Å². The molecule has 0 aliphatic heterocycles. The van der Waals surface area contributed by atoms with Gasteiger partial charge in [-0.1, -0.05) is 49.4 Å². The summed E-state index contributed by atoms with van der Waals surface area (Å²) in [7, 11) is 0. The Morgan fingerprint density at radius 2 is 1.82 bits per heavy atom. The van der Waals surface area contributed by atoms with Crippen molar-refractivity contribution in [3.05, 3.63) is 65.5 Å². The van der Waals surface area contributed by atoms with Crippen molar-refractivity contribution in [2.24, 2.45) is 5.10 Å². The van der Waals surface area contributed by atoms with Crippen LogP contribution in [0.5, 0.6) is 0 Å². The van der Waals surface area contributed by atoms with E-state index in [9.17, 15) is 4.79 Å². The highest BCUT2D eigenvalue weighted by atomic mass is 79.9. The van der Waals surface area contributed by atoms with E-state index in [1.807, 2.05) is 73.8 Å². The molecule has 0 saturated heterocycles. The number of hydrazone groups is 1. The van der Waals surface area contributed by atoms with Crippen molar-refractivity contribution in [3.63, 3.8) is 0 Å². The molecular formula is C21H23BrN4OS. The topological polar surface area (TPSA) is 66.4 Å². The molecule has 0 aliphatic carbocycles. The SMILES string of the molecule is Br.CCCC(=O)Nc1ccc(-c2csc(NN=C(C)c3ccccc3)n2)cc1. The molecule has 3 rings (SSSR count). The molecule has 146 valence electrons. The predicted molar refractivity (Wildman–Crippen MR) is 124 cm³/mol. The number of hydrogen-bond acceptors (Lipinski definition) is 5. The maximum absolute atomic E-state index is 11.7. The zero-order valence-corrected chi connectivity index (χ0v) is 18.3. The van der Waals surface area contributed by atoms with E-state index in [1.165, 1.54) is 11.3 Å². The molecule has 7 heteroatoms. The lowest BCUT2D eigenvalue weighted by Gasteiger charge is -2.05. The van der Waals surface area contributed by atoms with Gasteiger partial charge < -0.3 is 5.32 Å². The first kappa shape index (κ1) is 21.8. The standard InChI is InChI=1S/C21H22N4OS.BrH/c1-3-7-20(26)22-18-12-10-17(11-13-18)19-14-27-21(23-19)25-24-15(2)16-8-5-4-6-9-16;/h4-6,8-14H,3,7H2,1-2H3,(H,22,26)(H,23,25);1H. The number of carbonyl (C=O) groups is 1. The van der Waals surface area contributed by atoms with Gasteiger partial charge in [-0.2, -0.15) is 5.10 Å². The molecule has 0 atom stereocenters. The van der Waals surface area contributed by atoms with Gasteiger partial charge in [0.15, 0.2) is 0 Å². The summed E-state index contributed by atoms with van der Waals surface area (Å²) < 4.78 is 0. The van der Waals surface area contributed by atoms with Gasteiger partial charge >= 0.3 is 0 Å². The Balaban J connectivity index is 0.00000280. The van der Waals surface area contributed by atoms with Crippen LogP contribution in [-0.2, 0) is 4.79 Å². The Morgan fingerprint density at radius 1 is 1.11 bits per heavy atom. The first-order valence-corrected chi connectivity index (χ1v) is 9.75. The van der Waals surface area contributed by atoms with Gasteiger partial charge in [-0.25, -0.2) is 4.98 Å². The number of hydrogen-bond donors (Lipinski definition) is 2. The molecule has 1 amide bonds. The molecule has 2 aromatic carbocycles. The third kappa shape index (κ3) is 6.00. The largest absolute Gasteiger partial charge is 0.326 e. The van der Waals surface area contributed by atoms with Crippen LogP contribution >= 0.6 is 28.3 Å². The van der Waals surface area contributed by atoms with Crippen LogP contribution < -0.4 is 10.7 Å². The lowest BCUT2D eigenvalue weighted by molar-refractivity contribution is -0.116. The van der Waals surface area contributed by atoms with Crippen molar-refractivity contribution >= 4 is 50.8 Å². The summed E-state index contributed by atoms with van der Waals surface area (Å²) >= 11 is 1.50. The Labute approximate surface area is 179 Å². The van der Waals surface area contributed by atoms with Crippen LogP contribution in [0.1, 0.15) is 32.3 Å². The quantitative estimate of drug-likeness (QED) is 0.338. The molecule has 1 aromatic heterocycles. The summed E-state index contributed by atoms with van der Waals surface area (Å²) in [5.41, 5.74) is 7.67. The molecule has 0 fully saturated rings. The summed E-state index contributed by atoms with van der Waals surface area (Å²) in [4.78, 5) is 16.2. The van der Waals surface area contributed by atoms with Crippen LogP contribution in [-0.4, -0.2) is 16.6 Å². The molecule has 0 spiro atoms. The molecule has 0 radical (unpaired) electrons. The highest BCUT2D eigenvalue weighted by Gasteiger charge is 2.06. The summed E-state index contributed by atoms with van der Waals surface area (Å²) in [6.07, 6.45) is 1.37. The molecule has 0 saturated carbocycles. The van der Waals surface area contributed by atoms with E-state index in [4.69, 9.17) is 0 Å². The fourth-order valence-corrected chi connectivity index (χ4v) is 3.17. The van der Waals surface area contributed by atoms with Crippen molar-refractivity contribution in [2.75, 3.05) is 10.7 Å². The van der Waals surface area contributed by atoms with Crippen molar-refractivity contribution in [2.45, 2.75) is 26.7 Å². The third-order valence-electron chi connectivity index (χ3n) is 3.96. The Kier molecular flexibility index (Phi) is 8.35. The van der Waals surface area contributed by atoms with E-state index in [2.05, 4.69) is 20.8 Å². The number of nitrogens with zero attached hydrogens (tertiary/aromatic N) is 2. The number of amides is 1. The second kappa shape index (κ2) is 10.7. The molecule has 1 heterocycles. The molecule has 0 bridgehead atoms. The lowest BCUT2D eigenvalue weighted by atomic mass is 10.1. The molecule has 28 heavy (non-hydrogen) atoms. The van der Waals surface area contributed by atoms with Crippen LogP contribution in [0.4, 0.5) is 10.8 Å². The summed E-state index contributed by atoms with van der Waals surface area (Å²) in [6.45, 7) is 3.95. The van der Waals surface area contributed by atoms with Crippen LogP contribution in [0, 0.1) is 0 Å². The van der Waals surface area contributed by atoms with Gasteiger partial charge in [-0.15, -0.1) is 28.3 Å². The van der Waals surface area contributed by atoms with Crippen molar-refractivity contribution < 1.29 is 4.79 Å². The Bertz CT molecular complexity index is 923. The van der Waals surface area contributed by atoms with Gasteiger partial charge in [0.1, 0.15) is 0 Å². The van der Waals surface area contributed by atoms with E-state index in [0.717, 1.165) is 39.8 Å². The maximum atomic E-state index is 11.7. The van der Waals surface area contributed by atoms with Gasteiger partial charge in [-0.05, 0) is 31.0 Å². The van der Waals surface area contributed by atoms with Gasteiger partial charge in [0.05, 0.1) is 11.4 Å². The Morgan fingerprint density at radius 3 is 2.50 bits per heavy atom. The molecular weight excluding hydrogens is 436 g/mol. The highest BCUT2D eigenvalue weighted by molar-refractivity contribution is 8.93. The Hall–Kier alpha value is -2.51. The summed E-state index contributed by atoms with van der Waals surface area (Å²) in [6, 6.07) is 17.7. The number of aromatic nitrogens is 1. The van der Waals surface area contributed by atoms with Gasteiger partial charge in [-0.3, -0.25) is 10.2 Å². The molecule has 0 aliphatic rings. The van der Waals surface area contributed by atoms with Gasteiger partial charge in [0, 0.05) is 23.1 Å². The summed E-state index contributed by atoms with van der Waals surface area (Å²) in [5.74, 6) is 0.0389. The zero-order valence-electron chi connectivity index (χ0n) is 15.8. The first-order valence-electron chi connectivity index (χ1n) is 8.87. The second-order valence-electron chi connectivity index (χ2n) is 6.09. The molecule has 3 aromatic rings.